The van der Waals surface area contributed by atoms with Crippen molar-refractivity contribution in [1.29, 1.82) is 0 Å². The van der Waals surface area contributed by atoms with Crippen molar-refractivity contribution in [3.63, 3.8) is 0 Å². The van der Waals surface area contributed by atoms with Gasteiger partial charge in [-0.05, 0) is 24.7 Å². The number of hydrogen-bond acceptors (Lipinski definition) is 3. The van der Waals surface area contributed by atoms with Gasteiger partial charge >= 0.3 is 5.97 Å². The van der Waals surface area contributed by atoms with Crippen molar-refractivity contribution < 1.29 is 18.9 Å². The first-order chi connectivity index (χ1) is 8.47. The van der Waals surface area contributed by atoms with E-state index >= 15 is 0 Å². The average molecular weight is 275 g/mol. The summed E-state index contributed by atoms with van der Waals surface area (Å²) in [4.78, 5) is 22.1. The van der Waals surface area contributed by atoms with E-state index < -0.39 is 16.8 Å². The number of carbonyl (C=O) groups excluding carboxylic acids is 1. The largest absolute Gasteiger partial charge is 0.481 e. The van der Waals surface area contributed by atoms with Crippen LogP contribution in [-0.2, 0) is 20.4 Å². The lowest BCUT2D eigenvalue weighted by molar-refractivity contribution is -0.138. The second-order valence-corrected chi connectivity index (χ2v) is 6.46. The molecule has 0 radical (unpaired) electrons. The van der Waals surface area contributed by atoms with Crippen LogP contribution in [0.25, 0.3) is 0 Å². The number of carboxylic acids is 1. The maximum Gasteiger partial charge on any atom is 0.303 e. The fraction of sp³-hybridized carbons (Fsp3) is 0.833. The van der Waals surface area contributed by atoms with E-state index in [4.69, 9.17) is 5.11 Å². The molecular formula is C12H21NO4S. The lowest BCUT2D eigenvalue weighted by Crippen LogP contribution is -2.31. The number of nitrogens with one attached hydrogen (secondary N) is 1. The molecule has 1 rings (SSSR count). The molecule has 0 aliphatic heterocycles. The van der Waals surface area contributed by atoms with Gasteiger partial charge in [0.25, 0.3) is 0 Å². The van der Waals surface area contributed by atoms with Crippen molar-refractivity contribution in [1.82, 2.24) is 5.32 Å². The van der Waals surface area contributed by atoms with Crippen molar-refractivity contribution in [3.05, 3.63) is 0 Å². The molecule has 6 heteroatoms. The Hall–Kier alpha value is -0.910. The summed E-state index contributed by atoms with van der Waals surface area (Å²) < 4.78 is 11.8. The Balaban J connectivity index is 2.25. The number of amides is 1. The fourth-order valence-corrected chi connectivity index (χ4v) is 3.43. The van der Waals surface area contributed by atoms with E-state index in [2.05, 4.69) is 5.32 Å². The van der Waals surface area contributed by atoms with E-state index in [9.17, 15) is 13.8 Å². The number of carbonyl (C=O) groups is 2. The van der Waals surface area contributed by atoms with Gasteiger partial charge < -0.3 is 10.4 Å². The van der Waals surface area contributed by atoms with Gasteiger partial charge in [0, 0.05) is 23.1 Å². The Labute approximate surface area is 110 Å². The van der Waals surface area contributed by atoms with Crippen LogP contribution in [0.15, 0.2) is 0 Å². The monoisotopic (exact) mass is 275 g/mol. The van der Waals surface area contributed by atoms with Crippen LogP contribution in [-0.4, -0.2) is 39.2 Å². The maximum absolute atomic E-state index is 11.8. The molecule has 1 aliphatic carbocycles. The first-order valence-corrected chi connectivity index (χ1v) is 7.80. The highest BCUT2D eigenvalue weighted by Gasteiger charge is 2.45. The standard InChI is InChI=1S/C12H21NO4S/c1-2-3-6-13-10(14)8-18(17)9-12(4-5-12)7-11(15)16/h2-9H2,1H3,(H,13,14)(H,15,16). The summed E-state index contributed by atoms with van der Waals surface area (Å²) in [7, 11) is -1.25. The van der Waals surface area contributed by atoms with Gasteiger partial charge in [0.15, 0.2) is 0 Å². The molecule has 1 fully saturated rings. The summed E-state index contributed by atoms with van der Waals surface area (Å²) >= 11 is 0. The predicted molar refractivity (Wildman–Crippen MR) is 69.7 cm³/mol. The van der Waals surface area contributed by atoms with Gasteiger partial charge in [0.1, 0.15) is 5.75 Å². The van der Waals surface area contributed by atoms with Crippen LogP contribution in [0.3, 0.4) is 0 Å². The van der Waals surface area contributed by atoms with E-state index in [0.29, 0.717) is 12.3 Å². The topological polar surface area (TPSA) is 83.5 Å². The van der Waals surface area contributed by atoms with Crippen molar-refractivity contribution in [2.24, 2.45) is 5.41 Å². The minimum atomic E-state index is -1.25. The second kappa shape index (κ2) is 6.87. The highest BCUT2D eigenvalue weighted by atomic mass is 32.2. The lowest BCUT2D eigenvalue weighted by Gasteiger charge is -2.11. The normalized spacial score (nSPS) is 18.1. The molecule has 0 aromatic heterocycles. The van der Waals surface area contributed by atoms with Crippen LogP contribution in [0.2, 0.25) is 0 Å². The Kier molecular flexibility index (Phi) is 5.78. The molecule has 0 heterocycles. The molecule has 1 aliphatic rings. The van der Waals surface area contributed by atoms with Crippen LogP contribution in [0.4, 0.5) is 0 Å². The van der Waals surface area contributed by atoms with Crippen molar-refractivity contribution in [2.75, 3.05) is 18.1 Å². The van der Waals surface area contributed by atoms with Gasteiger partial charge in [0.2, 0.25) is 5.91 Å². The number of unbranched alkanes of at least 4 members (excludes halogenated alkanes) is 1. The van der Waals surface area contributed by atoms with E-state index in [1.165, 1.54) is 0 Å². The third kappa shape index (κ3) is 5.62. The number of aliphatic carboxylic acids is 1. The van der Waals surface area contributed by atoms with Crippen molar-refractivity contribution in [2.45, 2.75) is 39.0 Å². The zero-order valence-electron chi connectivity index (χ0n) is 10.7. The zero-order valence-corrected chi connectivity index (χ0v) is 11.6. The van der Waals surface area contributed by atoms with Crippen LogP contribution >= 0.6 is 0 Å². The van der Waals surface area contributed by atoms with Crippen LogP contribution in [0.5, 0.6) is 0 Å². The van der Waals surface area contributed by atoms with Crippen LogP contribution < -0.4 is 5.32 Å². The Morgan fingerprint density at radius 2 is 2.06 bits per heavy atom. The quantitative estimate of drug-likeness (QED) is 0.613. The van der Waals surface area contributed by atoms with E-state index in [0.717, 1.165) is 25.7 Å². The molecule has 0 spiro atoms. The minimum absolute atomic E-state index is 0.00885. The molecule has 2 N–H and O–H groups in total. The number of rotatable bonds is 9. The molecule has 1 unspecified atom stereocenters. The highest BCUT2D eigenvalue weighted by molar-refractivity contribution is 7.85. The molecular weight excluding hydrogens is 254 g/mol. The number of carboxylic acid groups (broad SMARTS) is 1. The number of hydrogen-bond donors (Lipinski definition) is 2. The fourth-order valence-electron chi connectivity index (χ4n) is 1.86. The van der Waals surface area contributed by atoms with E-state index in [-0.39, 0.29) is 23.5 Å². The Morgan fingerprint density at radius 3 is 2.56 bits per heavy atom. The molecule has 0 bridgehead atoms. The first-order valence-electron chi connectivity index (χ1n) is 6.31. The minimum Gasteiger partial charge on any atom is -0.481 e. The third-order valence-electron chi connectivity index (χ3n) is 3.10. The van der Waals surface area contributed by atoms with Gasteiger partial charge in [-0.3, -0.25) is 13.8 Å². The summed E-state index contributed by atoms with van der Waals surface area (Å²) in [5, 5.41) is 11.5. The Bertz CT molecular complexity index is 339. The summed E-state index contributed by atoms with van der Waals surface area (Å²) in [6.45, 7) is 2.65. The van der Waals surface area contributed by atoms with Gasteiger partial charge in [-0.1, -0.05) is 13.3 Å². The molecule has 104 valence electrons. The SMILES string of the molecule is CCCCNC(=O)CS(=O)CC1(CC(=O)O)CC1. The molecule has 1 amide bonds. The molecule has 0 saturated heterocycles. The molecule has 1 saturated carbocycles. The summed E-state index contributed by atoms with van der Waals surface area (Å²) in [6, 6.07) is 0. The molecule has 18 heavy (non-hydrogen) atoms. The first kappa shape index (κ1) is 15.1. The molecule has 0 aromatic rings. The van der Waals surface area contributed by atoms with Crippen LogP contribution in [0, 0.1) is 5.41 Å². The second-order valence-electron chi connectivity index (χ2n) is 5.00. The molecule has 1 atom stereocenters. The molecule has 0 aromatic carbocycles. The lowest BCUT2D eigenvalue weighted by atomic mass is 10.1. The van der Waals surface area contributed by atoms with E-state index in [1.54, 1.807) is 0 Å². The van der Waals surface area contributed by atoms with Gasteiger partial charge in [-0.25, -0.2) is 0 Å². The maximum atomic E-state index is 11.8. The molecule has 5 nitrogen and oxygen atoms in total. The van der Waals surface area contributed by atoms with Gasteiger partial charge in [0.05, 0.1) is 6.42 Å². The van der Waals surface area contributed by atoms with Gasteiger partial charge in [-0.2, -0.15) is 0 Å². The average Bonchev–Trinajstić information content (AvgIpc) is 2.96. The smallest absolute Gasteiger partial charge is 0.303 e. The highest BCUT2D eigenvalue weighted by Crippen LogP contribution is 2.49. The van der Waals surface area contributed by atoms with Crippen molar-refractivity contribution >= 4 is 22.7 Å². The summed E-state index contributed by atoms with van der Waals surface area (Å²) in [6.07, 6.45) is 3.60. The summed E-state index contributed by atoms with van der Waals surface area (Å²) in [5.41, 5.74) is -0.305. The van der Waals surface area contributed by atoms with Crippen LogP contribution in [0.1, 0.15) is 39.0 Å². The predicted octanol–water partition coefficient (Wildman–Crippen LogP) is 0.906. The zero-order chi connectivity index (χ0) is 13.6. The third-order valence-corrected chi connectivity index (χ3v) is 4.61. The van der Waals surface area contributed by atoms with Gasteiger partial charge in [-0.15, -0.1) is 0 Å². The summed E-state index contributed by atoms with van der Waals surface area (Å²) in [5.74, 6) is -0.726. The van der Waals surface area contributed by atoms with Crippen molar-refractivity contribution in [3.8, 4) is 0 Å². The Morgan fingerprint density at radius 1 is 1.39 bits per heavy atom. The van der Waals surface area contributed by atoms with E-state index in [1.807, 2.05) is 6.92 Å².